The SMILES string of the molecule is COc1cc(CN(C(=O)Cc2ccc(S(F)(F)(F)(F)F)cc2F)C2C=CS(=O)(=O)C2)ccn1. The first-order valence-corrected chi connectivity index (χ1v) is 12.9. The highest BCUT2D eigenvalue weighted by molar-refractivity contribution is 8.45. The molecule has 1 unspecified atom stereocenters. The molecule has 1 atom stereocenters. The van der Waals surface area contributed by atoms with Crippen LogP contribution in [0, 0.1) is 5.82 Å². The lowest BCUT2D eigenvalue weighted by atomic mass is 10.1. The van der Waals surface area contributed by atoms with Gasteiger partial charge in [-0.25, -0.2) is 17.8 Å². The molecule has 1 amide bonds. The number of hydrogen-bond acceptors (Lipinski definition) is 5. The number of rotatable bonds is 7. The highest BCUT2D eigenvalue weighted by Gasteiger charge is 2.65. The van der Waals surface area contributed by atoms with Crippen molar-refractivity contribution in [1.29, 1.82) is 0 Å². The number of halogens is 6. The summed E-state index contributed by atoms with van der Waals surface area (Å²) in [5.74, 6) is -2.68. The van der Waals surface area contributed by atoms with Gasteiger partial charge in [0.2, 0.25) is 11.8 Å². The molecule has 0 saturated heterocycles. The van der Waals surface area contributed by atoms with Crippen molar-refractivity contribution in [2.45, 2.75) is 23.9 Å². The van der Waals surface area contributed by atoms with Crippen LogP contribution in [-0.4, -0.2) is 43.1 Å². The maximum Gasteiger partial charge on any atom is 0.310 e. The van der Waals surface area contributed by atoms with Gasteiger partial charge < -0.3 is 9.64 Å². The molecule has 3 rings (SSSR count). The first-order chi connectivity index (χ1) is 15.0. The number of carbonyl (C=O) groups excluding carboxylic acids is 1. The standard InChI is InChI=1S/C19H18F6N2O4S2/c1-31-18-8-13(4-6-26-18)11-27(15-5-7-32(29,30)12-15)19(28)9-14-2-3-16(10-17(14)20)33(21,22,23,24)25/h2-8,10,15H,9,11-12H2,1H3. The summed E-state index contributed by atoms with van der Waals surface area (Å²) in [6.07, 6.45) is 1.87. The molecule has 33 heavy (non-hydrogen) atoms. The Labute approximate surface area is 185 Å². The maximum atomic E-state index is 14.3. The van der Waals surface area contributed by atoms with Crippen molar-refractivity contribution < 1.29 is 41.8 Å². The molecule has 14 heteroatoms. The summed E-state index contributed by atoms with van der Waals surface area (Å²) < 4.78 is 107. The van der Waals surface area contributed by atoms with Gasteiger partial charge in [0.15, 0.2) is 9.84 Å². The van der Waals surface area contributed by atoms with Gasteiger partial charge in [-0.15, -0.1) is 0 Å². The molecule has 1 aromatic heterocycles. The van der Waals surface area contributed by atoms with Gasteiger partial charge in [0.05, 0.1) is 25.3 Å². The molecule has 2 aromatic rings. The Morgan fingerprint density at radius 3 is 2.42 bits per heavy atom. The Morgan fingerprint density at radius 1 is 1.18 bits per heavy atom. The molecule has 0 N–H and O–H groups in total. The fourth-order valence-corrected chi connectivity index (χ4v) is 5.13. The Kier molecular flexibility index (Phi) is 5.77. The highest BCUT2D eigenvalue weighted by Crippen LogP contribution is 3.02. The van der Waals surface area contributed by atoms with Crippen LogP contribution < -0.4 is 4.74 Å². The second kappa shape index (κ2) is 7.65. The zero-order valence-electron chi connectivity index (χ0n) is 16.9. The van der Waals surface area contributed by atoms with Crippen LogP contribution in [0.4, 0.5) is 23.8 Å². The molecule has 6 nitrogen and oxygen atoms in total. The number of methoxy groups -OCH3 is 1. The van der Waals surface area contributed by atoms with Gasteiger partial charge in [-0.05, 0) is 35.4 Å². The van der Waals surface area contributed by atoms with Gasteiger partial charge in [0.25, 0.3) is 0 Å². The van der Waals surface area contributed by atoms with Crippen LogP contribution in [-0.2, 0) is 27.6 Å². The monoisotopic (exact) mass is 516 g/mol. The largest absolute Gasteiger partial charge is 0.481 e. The minimum atomic E-state index is -10.1. The minimum Gasteiger partial charge on any atom is -0.481 e. The number of amides is 1. The molecule has 2 heterocycles. The van der Waals surface area contributed by atoms with E-state index in [-0.39, 0.29) is 24.6 Å². The van der Waals surface area contributed by atoms with E-state index in [1.54, 1.807) is 0 Å². The highest BCUT2D eigenvalue weighted by atomic mass is 32.5. The lowest BCUT2D eigenvalue weighted by Gasteiger charge is -2.40. The van der Waals surface area contributed by atoms with E-state index in [0.717, 1.165) is 10.3 Å². The number of hydrogen-bond donors (Lipinski definition) is 0. The molecular weight excluding hydrogens is 498 g/mol. The predicted octanol–water partition coefficient (Wildman–Crippen LogP) is 4.77. The molecular formula is C19H18F6N2O4S2. The number of carbonyl (C=O) groups is 1. The minimum absolute atomic E-state index is 0.0191. The van der Waals surface area contributed by atoms with Crippen molar-refractivity contribution in [2.75, 3.05) is 12.9 Å². The van der Waals surface area contributed by atoms with Crippen molar-refractivity contribution in [2.24, 2.45) is 0 Å². The van der Waals surface area contributed by atoms with E-state index >= 15 is 0 Å². The Bertz CT molecular complexity index is 1230. The number of sulfone groups is 1. The number of pyridine rings is 1. The number of nitrogens with zero attached hydrogens (tertiary/aromatic N) is 2. The van der Waals surface area contributed by atoms with Crippen molar-refractivity contribution in [1.82, 2.24) is 9.88 Å². The fourth-order valence-electron chi connectivity index (χ4n) is 3.18. The van der Waals surface area contributed by atoms with Gasteiger partial charge in [-0.1, -0.05) is 25.5 Å². The third-order valence-corrected chi connectivity index (χ3v) is 7.33. The summed E-state index contributed by atoms with van der Waals surface area (Å²) in [5, 5.41) is 0.926. The Hall–Kier alpha value is -2.74. The summed E-state index contributed by atoms with van der Waals surface area (Å²) in [6.45, 7) is -0.145. The van der Waals surface area contributed by atoms with Crippen LogP contribution in [0.2, 0.25) is 0 Å². The van der Waals surface area contributed by atoms with Gasteiger partial charge in [-0.3, -0.25) is 4.79 Å². The third kappa shape index (κ3) is 6.19. The number of ether oxygens (including phenoxy) is 1. The van der Waals surface area contributed by atoms with Crippen LogP contribution in [0.15, 0.2) is 52.9 Å². The third-order valence-electron chi connectivity index (χ3n) is 4.80. The zero-order chi connectivity index (χ0) is 24.7. The Balaban J connectivity index is 1.90. The molecule has 0 bridgehead atoms. The average molecular weight is 516 g/mol. The van der Waals surface area contributed by atoms with Gasteiger partial charge >= 0.3 is 10.2 Å². The van der Waals surface area contributed by atoms with Crippen LogP contribution in [0.1, 0.15) is 11.1 Å². The quantitative estimate of drug-likeness (QED) is 0.496. The second-order valence-electron chi connectivity index (χ2n) is 7.35. The first kappa shape index (κ1) is 24.9. The summed E-state index contributed by atoms with van der Waals surface area (Å²) in [5.41, 5.74) is -0.0580. The molecule has 0 spiro atoms. The summed E-state index contributed by atoms with van der Waals surface area (Å²) in [7, 11) is -12.3. The predicted molar refractivity (Wildman–Crippen MR) is 110 cm³/mol. The van der Waals surface area contributed by atoms with Crippen LogP contribution in [0.25, 0.3) is 0 Å². The summed E-state index contributed by atoms with van der Waals surface area (Å²) in [6, 6.07) is 2.23. The van der Waals surface area contributed by atoms with Crippen molar-refractivity contribution in [3.8, 4) is 5.88 Å². The van der Waals surface area contributed by atoms with Crippen molar-refractivity contribution in [3.63, 3.8) is 0 Å². The molecule has 1 aliphatic rings. The van der Waals surface area contributed by atoms with Crippen molar-refractivity contribution in [3.05, 3.63) is 65.0 Å². The molecule has 0 aliphatic carbocycles. The van der Waals surface area contributed by atoms with E-state index in [4.69, 9.17) is 4.74 Å². The normalized spacial score (nSPS) is 19.5. The van der Waals surface area contributed by atoms with Crippen molar-refractivity contribution >= 4 is 26.0 Å². The lowest BCUT2D eigenvalue weighted by Crippen LogP contribution is -2.41. The lowest BCUT2D eigenvalue weighted by molar-refractivity contribution is -0.132. The first-order valence-electron chi connectivity index (χ1n) is 9.19. The van der Waals surface area contributed by atoms with Gasteiger partial charge in [-0.2, -0.15) is 0 Å². The zero-order valence-corrected chi connectivity index (χ0v) is 18.6. The van der Waals surface area contributed by atoms with E-state index < -0.39 is 60.5 Å². The molecule has 1 aromatic carbocycles. The smallest absolute Gasteiger partial charge is 0.310 e. The summed E-state index contributed by atoms with van der Waals surface area (Å²) >= 11 is 0. The van der Waals surface area contributed by atoms with E-state index in [1.807, 2.05) is 0 Å². The fraction of sp³-hybridized carbons (Fsp3) is 0.263. The Morgan fingerprint density at radius 2 is 1.88 bits per heavy atom. The van der Waals surface area contributed by atoms with Gasteiger partial charge in [0, 0.05) is 24.2 Å². The summed E-state index contributed by atoms with van der Waals surface area (Å²) in [4.78, 5) is 15.6. The van der Waals surface area contributed by atoms with E-state index in [0.29, 0.717) is 11.6 Å². The van der Waals surface area contributed by atoms with Gasteiger partial charge in [0.1, 0.15) is 10.7 Å². The molecule has 182 valence electrons. The number of aromatic nitrogens is 1. The van der Waals surface area contributed by atoms with Crippen LogP contribution >= 0.6 is 10.2 Å². The van der Waals surface area contributed by atoms with E-state index in [1.165, 1.54) is 31.5 Å². The molecule has 0 fully saturated rings. The van der Waals surface area contributed by atoms with E-state index in [9.17, 15) is 37.0 Å². The second-order valence-corrected chi connectivity index (χ2v) is 11.7. The number of benzene rings is 1. The topological polar surface area (TPSA) is 76.6 Å². The maximum absolute atomic E-state index is 14.3. The molecule has 1 aliphatic heterocycles. The molecule has 0 radical (unpaired) electrons. The molecule has 0 saturated carbocycles. The van der Waals surface area contributed by atoms with Crippen LogP contribution in [0.3, 0.4) is 0 Å². The van der Waals surface area contributed by atoms with Crippen LogP contribution in [0.5, 0.6) is 5.88 Å². The average Bonchev–Trinajstić information content (AvgIpc) is 3.05. The van der Waals surface area contributed by atoms with E-state index in [2.05, 4.69) is 4.98 Å².